The smallest absolute Gasteiger partial charge is 0.224 e. The van der Waals surface area contributed by atoms with E-state index in [-0.39, 0.29) is 11.9 Å². The number of nitrogens with one attached hydrogen (secondary N) is 2. The summed E-state index contributed by atoms with van der Waals surface area (Å²) in [5.41, 5.74) is 3.49. The number of hydrogen-bond donors (Lipinski definition) is 3. The molecule has 0 radical (unpaired) electrons. The van der Waals surface area contributed by atoms with E-state index in [9.17, 15) is 0 Å². The summed E-state index contributed by atoms with van der Waals surface area (Å²) in [5.74, 6) is 1.22. The number of benzene rings is 1. The van der Waals surface area contributed by atoms with Crippen LogP contribution in [0.5, 0.6) is 0 Å². The van der Waals surface area contributed by atoms with E-state index < -0.39 is 0 Å². The number of halogens is 1. The summed E-state index contributed by atoms with van der Waals surface area (Å²) in [6.07, 6.45) is 0. The van der Waals surface area contributed by atoms with Gasteiger partial charge in [-0.25, -0.2) is 9.97 Å². The van der Waals surface area contributed by atoms with Crippen LogP contribution in [0.25, 0.3) is 11.3 Å². The van der Waals surface area contributed by atoms with Gasteiger partial charge in [-0.2, -0.15) is 5.10 Å². The van der Waals surface area contributed by atoms with Crippen molar-refractivity contribution < 1.29 is 5.11 Å². The molecule has 0 saturated carbocycles. The van der Waals surface area contributed by atoms with Crippen LogP contribution in [0.2, 0.25) is 5.28 Å². The predicted octanol–water partition coefficient (Wildman–Crippen LogP) is 3.06. The predicted molar refractivity (Wildman–Crippen MR) is 85.0 cm³/mol. The molecule has 1 aromatic carbocycles. The van der Waals surface area contributed by atoms with Gasteiger partial charge in [0.1, 0.15) is 5.82 Å². The number of nitrogens with zero attached hydrogens (tertiary/aromatic N) is 3. The van der Waals surface area contributed by atoms with Crippen molar-refractivity contribution in [2.24, 2.45) is 0 Å². The molecule has 0 unspecified atom stereocenters. The summed E-state index contributed by atoms with van der Waals surface area (Å²) in [6.45, 7) is 1.88. The van der Waals surface area contributed by atoms with Gasteiger partial charge in [-0.3, -0.25) is 5.10 Å². The molecule has 3 N–H and O–H groups in total. The van der Waals surface area contributed by atoms with Gasteiger partial charge in [-0.1, -0.05) is 24.3 Å². The van der Waals surface area contributed by atoms with E-state index in [1.807, 2.05) is 37.3 Å². The Morgan fingerprint density at radius 1 is 1.14 bits per heavy atom. The summed E-state index contributed by atoms with van der Waals surface area (Å²) in [4.78, 5) is 8.11. The standard InChI is InChI=1S/C15H14ClN5O/c1-9-6-13(19-15(16)17-9)18-14-7-12(20-21-14)11-4-2-10(8-22)3-5-11/h2-7,22H,8H2,1H3,(H2,17,18,19,20,21). The maximum Gasteiger partial charge on any atom is 0.224 e. The van der Waals surface area contributed by atoms with Gasteiger partial charge in [0, 0.05) is 17.8 Å². The molecule has 2 aromatic heterocycles. The Bertz CT molecular complexity index is 765. The van der Waals surface area contributed by atoms with Gasteiger partial charge in [0.25, 0.3) is 0 Å². The fourth-order valence-corrected chi connectivity index (χ4v) is 2.28. The Morgan fingerprint density at radius 2 is 1.91 bits per heavy atom. The van der Waals surface area contributed by atoms with Crippen LogP contribution in [-0.4, -0.2) is 25.3 Å². The Morgan fingerprint density at radius 3 is 2.59 bits per heavy atom. The summed E-state index contributed by atoms with van der Waals surface area (Å²) < 4.78 is 0. The van der Waals surface area contributed by atoms with E-state index in [1.54, 1.807) is 6.07 Å². The second-order valence-corrected chi connectivity index (χ2v) is 5.15. The third-order valence-corrected chi connectivity index (χ3v) is 3.28. The molecule has 0 aliphatic heterocycles. The van der Waals surface area contributed by atoms with Crippen LogP contribution in [0.3, 0.4) is 0 Å². The second kappa shape index (κ2) is 6.13. The molecule has 0 aliphatic carbocycles. The average Bonchev–Trinajstić information content (AvgIpc) is 2.95. The molecule has 2 heterocycles. The quantitative estimate of drug-likeness (QED) is 0.644. The van der Waals surface area contributed by atoms with E-state index in [2.05, 4.69) is 25.5 Å². The zero-order valence-corrected chi connectivity index (χ0v) is 12.6. The molecule has 112 valence electrons. The van der Waals surface area contributed by atoms with Gasteiger partial charge in [0.2, 0.25) is 5.28 Å². The van der Waals surface area contributed by atoms with Crippen molar-refractivity contribution >= 4 is 23.2 Å². The second-order valence-electron chi connectivity index (χ2n) is 4.81. The number of aromatic nitrogens is 4. The molecule has 0 fully saturated rings. The van der Waals surface area contributed by atoms with Crippen molar-refractivity contribution in [3.63, 3.8) is 0 Å². The largest absolute Gasteiger partial charge is 0.392 e. The molecule has 0 spiro atoms. The van der Waals surface area contributed by atoms with Crippen LogP contribution in [0.15, 0.2) is 36.4 Å². The zero-order chi connectivity index (χ0) is 15.5. The van der Waals surface area contributed by atoms with Gasteiger partial charge >= 0.3 is 0 Å². The summed E-state index contributed by atoms with van der Waals surface area (Å²) in [5, 5.41) is 19.5. The lowest BCUT2D eigenvalue weighted by atomic mass is 10.1. The van der Waals surface area contributed by atoms with Crippen molar-refractivity contribution in [3.8, 4) is 11.3 Å². The monoisotopic (exact) mass is 315 g/mol. The van der Waals surface area contributed by atoms with E-state index in [1.165, 1.54) is 0 Å². The first-order valence-corrected chi connectivity index (χ1v) is 7.05. The Labute approximate surface area is 132 Å². The highest BCUT2D eigenvalue weighted by Gasteiger charge is 2.06. The molecule has 0 atom stereocenters. The number of aromatic amines is 1. The molecular formula is C15H14ClN5O. The number of aliphatic hydroxyl groups is 1. The van der Waals surface area contributed by atoms with Crippen molar-refractivity contribution in [2.45, 2.75) is 13.5 Å². The average molecular weight is 316 g/mol. The van der Waals surface area contributed by atoms with Crippen LogP contribution in [0, 0.1) is 6.92 Å². The molecule has 3 aromatic rings. The number of H-pyrrole nitrogens is 1. The Hall–Kier alpha value is -2.44. The van der Waals surface area contributed by atoms with Crippen LogP contribution in [0.1, 0.15) is 11.3 Å². The number of anilines is 2. The molecule has 0 bridgehead atoms. The fourth-order valence-electron chi connectivity index (χ4n) is 2.05. The van der Waals surface area contributed by atoms with Crippen LogP contribution < -0.4 is 5.32 Å². The highest BCUT2D eigenvalue weighted by molar-refractivity contribution is 6.28. The van der Waals surface area contributed by atoms with Crippen LogP contribution in [0.4, 0.5) is 11.6 Å². The normalized spacial score (nSPS) is 10.7. The van der Waals surface area contributed by atoms with Gasteiger partial charge < -0.3 is 10.4 Å². The molecule has 0 saturated heterocycles. The SMILES string of the molecule is Cc1cc(Nc2cc(-c3ccc(CO)cc3)[nH]n2)nc(Cl)n1. The fraction of sp³-hybridized carbons (Fsp3) is 0.133. The van der Waals surface area contributed by atoms with Gasteiger partial charge in [-0.05, 0) is 29.7 Å². The van der Waals surface area contributed by atoms with Crippen LogP contribution in [-0.2, 0) is 6.61 Å². The zero-order valence-electron chi connectivity index (χ0n) is 11.8. The lowest BCUT2D eigenvalue weighted by molar-refractivity contribution is 0.282. The minimum absolute atomic E-state index is 0.0316. The first-order chi connectivity index (χ1) is 10.6. The molecule has 3 rings (SSSR count). The van der Waals surface area contributed by atoms with Crippen LogP contribution >= 0.6 is 11.6 Å². The number of hydrogen-bond acceptors (Lipinski definition) is 5. The molecule has 22 heavy (non-hydrogen) atoms. The van der Waals surface area contributed by atoms with Crippen molar-refractivity contribution in [3.05, 3.63) is 52.9 Å². The lowest BCUT2D eigenvalue weighted by Crippen LogP contribution is -1.96. The van der Waals surface area contributed by atoms with Gasteiger partial charge in [-0.15, -0.1) is 0 Å². The van der Waals surface area contributed by atoms with E-state index in [4.69, 9.17) is 16.7 Å². The number of rotatable bonds is 4. The maximum atomic E-state index is 9.06. The minimum Gasteiger partial charge on any atom is -0.392 e. The van der Waals surface area contributed by atoms with E-state index >= 15 is 0 Å². The molecule has 6 nitrogen and oxygen atoms in total. The molecule has 0 amide bonds. The highest BCUT2D eigenvalue weighted by Crippen LogP contribution is 2.22. The van der Waals surface area contributed by atoms with E-state index in [0.29, 0.717) is 11.6 Å². The number of aryl methyl sites for hydroxylation is 1. The summed E-state index contributed by atoms with van der Waals surface area (Å²) >= 11 is 5.84. The Balaban J connectivity index is 1.80. The topological polar surface area (TPSA) is 86.7 Å². The highest BCUT2D eigenvalue weighted by atomic mass is 35.5. The van der Waals surface area contributed by atoms with Gasteiger partial charge in [0.15, 0.2) is 5.82 Å². The van der Waals surface area contributed by atoms with Crippen molar-refractivity contribution in [1.29, 1.82) is 0 Å². The van der Waals surface area contributed by atoms with Crippen molar-refractivity contribution in [2.75, 3.05) is 5.32 Å². The molecule has 0 aliphatic rings. The van der Waals surface area contributed by atoms with Gasteiger partial charge in [0.05, 0.1) is 12.3 Å². The Kier molecular flexibility index (Phi) is 4.04. The first-order valence-electron chi connectivity index (χ1n) is 6.68. The number of aliphatic hydroxyl groups excluding tert-OH is 1. The minimum atomic E-state index is 0.0316. The molecular weight excluding hydrogens is 302 g/mol. The molecule has 7 heteroatoms. The third-order valence-electron chi connectivity index (χ3n) is 3.11. The lowest BCUT2D eigenvalue weighted by Gasteiger charge is -2.02. The van der Waals surface area contributed by atoms with Crippen molar-refractivity contribution in [1.82, 2.24) is 20.2 Å². The van der Waals surface area contributed by atoms with E-state index in [0.717, 1.165) is 22.5 Å². The maximum absolute atomic E-state index is 9.06. The summed E-state index contributed by atoms with van der Waals surface area (Å²) in [6, 6.07) is 11.3. The third kappa shape index (κ3) is 3.24. The first kappa shape index (κ1) is 14.5. The summed E-state index contributed by atoms with van der Waals surface area (Å²) in [7, 11) is 0.